The van der Waals surface area contributed by atoms with E-state index < -0.39 is 0 Å². The molecule has 3 aromatic carbocycles. The van der Waals surface area contributed by atoms with Crippen LogP contribution in [0.3, 0.4) is 0 Å². The summed E-state index contributed by atoms with van der Waals surface area (Å²) in [7, 11) is 0. The van der Waals surface area contributed by atoms with Gasteiger partial charge in [-0.25, -0.2) is 0 Å². The molecular formula is C29H29ClN2O4. The molecule has 2 aliphatic rings. The minimum atomic E-state index is 0.0198. The summed E-state index contributed by atoms with van der Waals surface area (Å²) in [5, 5.41) is 0.690. The first-order valence-electron chi connectivity index (χ1n) is 12.3. The Labute approximate surface area is 216 Å². The molecule has 0 spiro atoms. The second-order valence-electron chi connectivity index (χ2n) is 9.14. The van der Waals surface area contributed by atoms with Gasteiger partial charge >= 0.3 is 0 Å². The number of ether oxygens (including phenoxy) is 2. The Morgan fingerprint density at radius 1 is 0.944 bits per heavy atom. The molecule has 36 heavy (non-hydrogen) atoms. The summed E-state index contributed by atoms with van der Waals surface area (Å²) in [6.45, 7) is 3.96. The lowest BCUT2D eigenvalue weighted by Gasteiger charge is -2.35. The third kappa shape index (κ3) is 5.55. The van der Waals surface area contributed by atoms with Crippen LogP contribution in [0.2, 0.25) is 5.02 Å². The Hall–Kier alpha value is -3.35. The molecule has 0 radical (unpaired) electrons. The molecule has 3 aromatic rings. The van der Waals surface area contributed by atoms with E-state index in [1.807, 2.05) is 71.6 Å². The molecule has 7 heteroatoms. The van der Waals surface area contributed by atoms with E-state index >= 15 is 0 Å². The summed E-state index contributed by atoms with van der Waals surface area (Å²) in [5.41, 5.74) is 4.26. The molecule has 0 saturated carbocycles. The van der Waals surface area contributed by atoms with Crippen LogP contribution in [0.25, 0.3) is 11.1 Å². The topological polar surface area (TPSA) is 59.1 Å². The zero-order valence-corrected chi connectivity index (χ0v) is 20.8. The average molecular weight is 505 g/mol. The number of hydrogen-bond acceptors (Lipinski definition) is 5. The number of hydrogen-bond donors (Lipinski definition) is 0. The normalized spacial score (nSPS) is 16.6. The van der Waals surface area contributed by atoms with Gasteiger partial charge in [0.2, 0.25) is 0 Å². The third-order valence-corrected chi connectivity index (χ3v) is 7.03. The minimum absolute atomic E-state index is 0.0198. The molecule has 0 N–H and O–H groups in total. The fourth-order valence-electron chi connectivity index (χ4n) is 4.82. The van der Waals surface area contributed by atoms with E-state index in [2.05, 4.69) is 4.90 Å². The lowest BCUT2D eigenvalue weighted by molar-refractivity contribution is 0.0303. The van der Waals surface area contributed by atoms with Crippen molar-refractivity contribution in [1.82, 2.24) is 4.90 Å². The number of carbonyl (C=O) groups excluding carboxylic acids is 2. The zero-order valence-electron chi connectivity index (χ0n) is 20.1. The van der Waals surface area contributed by atoms with Crippen LogP contribution >= 0.6 is 11.6 Å². The number of halogens is 1. The van der Waals surface area contributed by atoms with Crippen LogP contribution in [0.15, 0.2) is 66.7 Å². The van der Waals surface area contributed by atoms with E-state index in [9.17, 15) is 9.59 Å². The van der Waals surface area contributed by atoms with E-state index in [4.69, 9.17) is 21.1 Å². The van der Waals surface area contributed by atoms with Crippen molar-refractivity contribution in [2.75, 3.05) is 44.3 Å². The van der Waals surface area contributed by atoms with Gasteiger partial charge in [-0.1, -0.05) is 35.9 Å². The Morgan fingerprint density at radius 2 is 1.69 bits per heavy atom. The van der Waals surface area contributed by atoms with Gasteiger partial charge in [0.1, 0.15) is 18.1 Å². The SMILES string of the molecule is O=Cc1ccc(-c2cccc(C(=O)N3CCOCC3)c2)c(N2CCC(Oc3ccc(Cl)cc3)CC2)c1. The van der Waals surface area contributed by atoms with Gasteiger partial charge in [0.05, 0.1) is 13.2 Å². The van der Waals surface area contributed by atoms with Crippen molar-refractivity contribution in [3.8, 4) is 16.9 Å². The summed E-state index contributed by atoms with van der Waals surface area (Å²) < 4.78 is 11.5. The number of piperidine rings is 1. The molecule has 5 rings (SSSR count). The lowest BCUT2D eigenvalue weighted by Crippen LogP contribution is -2.40. The monoisotopic (exact) mass is 504 g/mol. The second kappa shape index (κ2) is 11.1. The number of aldehydes is 1. The van der Waals surface area contributed by atoms with Crippen LogP contribution in [-0.2, 0) is 4.74 Å². The summed E-state index contributed by atoms with van der Waals surface area (Å²) in [5.74, 6) is 0.842. The van der Waals surface area contributed by atoms with Gasteiger partial charge in [-0.05, 0) is 48.0 Å². The highest BCUT2D eigenvalue weighted by Crippen LogP contribution is 2.34. The van der Waals surface area contributed by atoms with Crippen LogP contribution in [0.4, 0.5) is 5.69 Å². The summed E-state index contributed by atoms with van der Waals surface area (Å²) in [6.07, 6.45) is 2.73. The highest BCUT2D eigenvalue weighted by molar-refractivity contribution is 6.30. The van der Waals surface area contributed by atoms with Crippen molar-refractivity contribution in [1.29, 1.82) is 0 Å². The first-order valence-corrected chi connectivity index (χ1v) is 12.7. The molecule has 0 bridgehead atoms. The van der Waals surface area contributed by atoms with Crippen molar-refractivity contribution >= 4 is 29.5 Å². The standard InChI is InChI=1S/C29H29ClN2O4/c30-24-5-7-25(8-6-24)36-26-10-12-31(13-11-26)28-18-21(20-33)4-9-27(28)22-2-1-3-23(19-22)29(34)32-14-16-35-17-15-32/h1-9,18-20,26H,10-17H2. The van der Waals surface area contributed by atoms with Gasteiger partial charge in [0.15, 0.2) is 0 Å². The average Bonchev–Trinajstić information content (AvgIpc) is 2.94. The van der Waals surface area contributed by atoms with Crippen molar-refractivity contribution in [3.63, 3.8) is 0 Å². The van der Waals surface area contributed by atoms with E-state index in [-0.39, 0.29) is 12.0 Å². The Bertz CT molecular complexity index is 1220. The number of morpholine rings is 1. The predicted molar refractivity (Wildman–Crippen MR) is 141 cm³/mol. The molecule has 2 aliphatic heterocycles. The van der Waals surface area contributed by atoms with Gasteiger partial charge in [-0.2, -0.15) is 0 Å². The van der Waals surface area contributed by atoms with Crippen LogP contribution in [0.1, 0.15) is 33.6 Å². The van der Waals surface area contributed by atoms with Crippen LogP contribution in [0.5, 0.6) is 5.75 Å². The summed E-state index contributed by atoms with van der Waals surface area (Å²) in [6, 6.07) is 21.0. The molecule has 1 amide bonds. The van der Waals surface area contributed by atoms with Crippen LogP contribution < -0.4 is 9.64 Å². The Kier molecular flexibility index (Phi) is 7.54. The van der Waals surface area contributed by atoms with E-state index in [0.29, 0.717) is 42.5 Å². The van der Waals surface area contributed by atoms with Gasteiger partial charge in [-0.15, -0.1) is 0 Å². The minimum Gasteiger partial charge on any atom is -0.490 e. The second-order valence-corrected chi connectivity index (χ2v) is 9.57. The molecule has 0 atom stereocenters. The zero-order chi connectivity index (χ0) is 24.9. The molecule has 0 aromatic heterocycles. The lowest BCUT2D eigenvalue weighted by atomic mass is 9.97. The molecule has 2 saturated heterocycles. The number of anilines is 1. The summed E-state index contributed by atoms with van der Waals surface area (Å²) in [4.78, 5) is 28.8. The molecule has 2 heterocycles. The van der Waals surface area contributed by atoms with Gasteiger partial charge in [0, 0.05) is 66.4 Å². The maximum absolute atomic E-state index is 13.1. The van der Waals surface area contributed by atoms with Gasteiger partial charge in [-0.3, -0.25) is 9.59 Å². The van der Waals surface area contributed by atoms with Crippen molar-refractivity contribution < 1.29 is 19.1 Å². The number of nitrogens with zero attached hydrogens (tertiary/aromatic N) is 2. The quantitative estimate of drug-likeness (QED) is 0.424. The van der Waals surface area contributed by atoms with E-state index in [0.717, 1.165) is 54.8 Å². The third-order valence-electron chi connectivity index (χ3n) is 6.78. The van der Waals surface area contributed by atoms with E-state index in [1.54, 1.807) is 0 Å². The fraction of sp³-hybridized carbons (Fsp3) is 0.310. The Morgan fingerprint density at radius 3 is 2.42 bits per heavy atom. The van der Waals surface area contributed by atoms with Crippen molar-refractivity contribution in [2.45, 2.75) is 18.9 Å². The largest absolute Gasteiger partial charge is 0.490 e. The highest BCUT2D eigenvalue weighted by atomic mass is 35.5. The number of carbonyl (C=O) groups is 2. The summed E-state index contributed by atoms with van der Waals surface area (Å²) >= 11 is 5.98. The highest BCUT2D eigenvalue weighted by Gasteiger charge is 2.24. The van der Waals surface area contributed by atoms with Crippen molar-refractivity contribution in [3.05, 3.63) is 82.9 Å². The molecule has 6 nitrogen and oxygen atoms in total. The Balaban J connectivity index is 1.35. The van der Waals surface area contributed by atoms with Crippen LogP contribution in [-0.4, -0.2) is 62.6 Å². The fourth-order valence-corrected chi connectivity index (χ4v) is 4.94. The number of amides is 1. The molecule has 186 valence electrons. The molecule has 0 aliphatic carbocycles. The maximum Gasteiger partial charge on any atom is 0.254 e. The predicted octanol–water partition coefficient (Wildman–Crippen LogP) is 5.34. The molecule has 0 unspecified atom stereocenters. The smallest absolute Gasteiger partial charge is 0.254 e. The van der Waals surface area contributed by atoms with Crippen LogP contribution in [0, 0.1) is 0 Å². The number of rotatable bonds is 6. The molecule has 2 fully saturated rings. The maximum atomic E-state index is 13.1. The van der Waals surface area contributed by atoms with Gasteiger partial charge in [0.25, 0.3) is 5.91 Å². The number of benzene rings is 3. The first kappa shape index (κ1) is 24.3. The molecular weight excluding hydrogens is 476 g/mol. The first-order chi connectivity index (χ1) is 17.6. The van der Waals surface area contributed by atoms with Crippen molar-refractivity contribution in [2.24, 2.45) is 0 Å². The van der Waals surface area contributed by atoms with Gasteiger partial charge < -0.3 is 19.3 Å². The van der Waals surface area contributed by atoms with E-state index in [1.165, 1.54) is 0 Å².